The lowest BCUT2D eigenvalue weighted by Crippen LogP contribution is -2.48. The van der Waals surface area contributed by atoms with Gasteiger partial charge in [0.15, 0.2) is 5.96 Å². The molecule has 0 spiro atoms. The molecule has 1 saturated heterocycles. The highest BCUT2D eigenvalue weighted by Crippen LogP contribution is 2.35. The Morgan fingerprint density at radius 2 is 1.77 bits per heavy atom. The number of guanidine groups is 1. The predicted molar refractivity (Wildman–Crippen MR) is 137 cm³/mol. The minimum Gasteiger partial charge on any atom is -0.497 e. The molecule has 2 heterocycles. The second-order valence-electron chi connectivity index (χ2n) is 7.39. The molecule has 3 rings (SSSR count). The van der Waals surface area contributed by atoms with Crippen molar-refractivity contribution in [2.45, 2.75) is 45.1 Å². The number of thiophene rings is 1. The summed E-state index contributed by atoms with van der Waals surface area (Å²) in [4.78, 5) is 7.53. The largest absolute Gasteiger partial charge is 0.497 e. The first kappa shape index (κ1) is 24.9. The summed E-state index contributed by atoms with van der Waals surface area (Å²) in [5.74, 6) is 1.76. The van der Waals surface area contributed by atoms with E-state index in [2.05, 4.69) is 48.7 Å². The van der Waals surface area contributed by atoms with Gasteiger partial charge in [0.2, 0.25) is 0 Å². The summed E-state index contributed by atoms with van der Waals surface area (Å²) in [5, 5.41) is 7.00. The van der Waals surface area contributed by atoms with E-state index in [4.69, 9.17) is 14.5 Å². The Balaban J connectivity index is 0.00000320. The van der Waals surface area contributed by atoms with E-state index in [1.807, 2.05) is 23.5 Å². The third-order valence-corrected chi connectivity index (χ3v) is 6.76. The molecule has 1 aromatic heterocycles. The molecule has 0 amide bonds. The molecule has 7 heteroatoms. The van der Waals surface area contributed by atoms with Crippen LogP contribution in [0.25, 0.3) is 0 Å². The van der Waals surface area contributed by atoms with Crippen LogP contribution in [0.3, 0.4) is 0 Å². The van der Waals surface area contributed by atoms with E-state index in [9.17, 15) is 0 Å². The first-order chi connectivity index (χ1) is 14.2. The Bertz CT molecular complexity index is 786. The highest BCUT2D eigenvalue weighted by Gasteiger charge is 2.34. The Labute approximate surface area is 201 Å². The zero-order valence-corrected chi connectivity index (χ0v) is 21.3. The van der Waals surface area contributed by atoms with Gasteiger partial charge < -0.3 is 20.1 Å². The highest BCUT2D eigenvalue weighted by molar-refractivity contribution is 14.0. The van der Waals surface area contributed by atoms with Gasteiger partial charge in [0, 0.05) is 41.5 Å². The van der Waals surface area contributed by atoms with Crippen molar-refractivity contribution in [1.82, 2.24) is 10.6 Å². The maximum atomic E-state index is 5.67. The smallest absolute Gasteiger partial charge is 0.191 e. The summed E-state index contributed by atoms with van der Waals surface area (Å²) in [7, 11) is 1.71. The van der Waals surface area contributed by atoms with Gasteiger partial charge in [0.25, 0.3) is 0 Å². The number of halogens is 1. The van der Waals surface area contributed by atoms with Gasteiger partial charge in [-0.05, 0) is 56.0 Å². The van der Waals surface area contributed by atoms with Gasteiger partial charge in [-0.3, -0.25) is 0 Å². The fourth-order valence-corrected chi connectivity index (χ4v) is 4.61. The van der Waals surface area contributed by atoms with Crippen LogP contribution in [-0.4, -0.2) is 39.4 Å². The van der Waals surface area contributed by atoms with Crippen LogP contribution >= 0.6 is 35.3 Å². The molecule has 30 heavy (non-hydrogen) atoms. The average Bonchev–Trinajstić information content (AvgIpc) is 3.24. The van der Waals surface area contributed by atoms with E-state index in [-0.39, 0.29) is 29.4 Å². The van der Waals surface area contributed by atoms with Crippen LogP contribution < -0.4 is 15.4 Å². The minimum absolute atomic E-state index is 0. The average molecular weight is 544 g/mol. The molecule has 0 atom stereocenters. The van der Waals surface area contributed by atoms with Crippen molar-refractivity contribution in [1.29, 1.82) is 0 Å². The number of hydrogen-bond donors (Lipinski definition) is 2. The summed E-state index contributed by atoms with van der Waals surface area (Å²) < 4.78 is 11.0. The number of methoxy groups -OCH3 is 1. The molecule has 166 valence electrons. The van der Waals surface area contributed by atoms with Gasteiger partial charge >= 0.3 is 0 Å². The van der Waals surface area contributed by atoms with E-state index in [1.165, 1.54) is 15.3 Å². The Morgan fingerprint density at radius 1 is 1.07 bits per heavy atom. The molecule has 5 nitrogen and oxygen atoms in total. The van der Waals surface area contributed by atoms with E-state index in [0.29, 0.717) is 6.54 Å². The highest BCUT2D eigenvalue weighted by atomic mass is 127. The third-order valence-electron chi connectivity index (χ3n) is 5.55. The summed E-state index contributed by atoms with van der Waals surface area (Å²) in [6.07, 6.45) is 3.08. The maximum Gasteiger partial charge on any atom is 0.191 e. The van der Waals surface area contributed by atoms with Crippen LogP contribution in [0.2, 0.25) is 0 Å². The molecule has 2 N–H and O–H groups in total. The van der Waals surface area contributed by atoms with Crippen LogP contribution in [0.15, 0.2) is 41.4 Å². The number of hydrogen-bond acceptors (Lipinski definition) is 4. The number of aliphatic imine (C=N–C) groups is 1. The number of ether oxygens (including phenoxy) is 2. The molecule has 1 aliphatic rings. The van der Waals surface area contributed by atoms with Crippen molar-refractivity contribution in [2.24, 2.45) is 4.99 Å². The summed E-state index contributed by atoms with van der Waals surface area (Å²) in [6, 6.07) is 12.9. The van der Waals surface area contributed by atoms with Gasteiger partial charge in [-0.15, -0.1) is 35.3 Å². The Kier molecular flexibility index (Phi) is 10.4. The van der Waals surface area contributed by atoms with Crippen LogP contribution in [0, 0.1) is 0 Å². The molecule has 1 fully saturated rings. The van der Waals surface area contributed by atoms with Crippen LogP contribution in [0.1, 0.15) is 42.0 Å². The normalized spacial score (nSPS) is 15.9. The molecule has 0 aliphatic carbocycles. The lowest BCUT2D eigenvalue weighted by molar-refractivity contribution is 0.0513. The quantitative estimate of drug-likeness (QED) is 0.287. The third kappa shape index (κ3) is 6.59. The second-order valence-corrected chi connectivity index (χ2v) is 8.64. The molecule has 0 radical (unpaired) electrons. The monoisotopic (exact) mass is 543 g/mol. The van der Waals surface area contributed by atoms with E-state index in [0.717, 1.165) is 57.3 Å². The molecule has 0 bridgehead atoms. The SMILES string of the molecule is CCNC(=NCc1ccc(CC)s1)NCC1(c2ccc(OC)cc2)CCOCC1.I. The second kappa shape index (κ2) is 12.5. The number of rotatable bonds is 8. The Morgan fingerprint density at radius 3 is 2.37 bits per heavy atom. The molecule has 0 saturated carbocycles. The number of nitrogens with zero attached hydrogens (tertiary/aromatic N) is 1. The number of benzene rings is 1. The Hall–Kier alpha value is -1.32. The topological polar surface area (TPSA) is 54.9 Å². The summed E-state index contributed by atoms with van der Waals surface area (Å²) in [5.41, 5.74) is 1.37. The van der Waals surface area contributed by atoms with Crippen molar-refractivity contribution in [3.63, 3.8) is 0 Å². The van der Waals surface area contributed by atoms with E-state index in [1.54, 1.807) is 7.11 Å². The van der Waals surface area contributed by atoms with Crippen LogP contribution in [0.4, 0.5) is 0 Å². The van der Waals surface area contributed by atoms with Crippen LogP contribution in [0.5, 0.6) is 5.75 Å². The molecule has 0 unspecified atom stereocenters. The van der Waals surface area contributed by atoms with Crippen molar-refractivity contribution in [2.75, 3.05) is 33.4 Å². The number of aryl methyl sites for hydroxylation is 1. The predicted octanol–water partition coefficient (Wildman–Crippen LogP) is 4.74. The lowest BCUT2D eigenvalue weighted by atomic mass is 9.74. The summed E-state index contributed by atoms with van der Waals surface area (Å²) >= 11 is 1.85. The van der Waals surface area contributed by atoms with Crippen molar-refractivity contribution < 1.29 is 9.47 Å². The standard InChI is InChI=1S/C23H33N3O2S.HI/c1-4-20-10-11-21(29-20)16-25-22(24-5-2)26-17-23(12-14-28-15-13-23)18-6-8-19(27-3)9-7-18;/h6-11H,4-5,12-17H2,1-3H3,(H2,24,25,26);1H. The zero-order valence-electron chi connectivity index (χ0n) is 18.2. The van der Waals surface area contributed by atoms with Gasteiger partial charge in [0.1, 0.15) is 5.75 Å². The maximum absolute atomic E-state index is 5.67. The van der Waals surface area contributed by atoms with Crippen molar-refractivity contribution in [3.8, 4) is 5.75 Å². The van der Waals surface area contributed by atoms with Gasteiger partial charge in [-0.1, -0.05) is 19.1 Å². The molecule has 1 aromatic carbocycles. The summed E-state index contributed by atoms with van der Waals surface area (Å²) in [6.45, 7) is 8.25. The molecule has 1 aliphatic heterocycles. The first-order valence-corrected chi connectivity index (χ1v) is 11.3. The zero-order chi connectivity index (χ0) is 20.5. The van der Waals surface area contributed by atoms with Gasteiger partial charge in [0.05, 0.1) is 13.7 Å². The number of nitrogens with one attached hydrogen (secondary N) is 2. The molecule has 2 aromatic rings. The van der Waals surface area contributed by atoms with E-state index < -0.39 is 0 Å². The fourth-order valence-electron chi connectivity index (χ4n) is 3.72. The minimum atomic E-state index is 0. The van der Waals surface area contributed by atoms with Crippen LogP contribution in [-0.2, 0) is 23.1 Å². The fraction of sp³-hybridized carbons (Fsp3) is 0.522. The molecular weight excluding hydrogens is 509 g/mol. The van der Waals surface area contributed by atoms with Gasteiger partial charge in [-0.25, -0.2) is 4.99 Å². The van der Waals surface area contributed by atoms with Crippen molar-refractivity contribution >= 4 is 41.3 Å². The van der Waals surface area contributed by atoms with Crippen molar-refractivity contribution in [3.05, 3.63) is 51.7 Å². The first-order valence-electron chi connectivity index (χ1n) is 10.5. The lowest BCUT2D eigenvalue weighted by Gasteiger charge is -2.38. The molecular formula is C23H34IN3O2S. The van der Waals surface area contributed by atoms with E-state index >= 15 is 0 Å². The van der Waals surface area contributed by atoms with Gasteiger partial charge in [-0.2, -0.15) is 0 Å².